The van der Waals surface area contributed by atoms with Crippen molar-refractivity contribution in [3.05, 3.63) is 16.5 Å². The first-order valence-electron chi connectivity index (χ1n) is 6.59. The van der Waals surface area contributed by atoms with Gasteiger partial charge in [0.1, 0.15) is 16.8 Å². The number of hydrogen-bond acceptors (Lipinski definition) is 3. The van der Waals surface area contributed by atoms with E-state index in [0.717, 1.165) is 17.2 Å². The van der Waals surface area contributed by atoms with Crippen LogP contribution in [0.25, 0.3) is 0 Å². The maximum absolute atomic E-state index is 6.20. The second kappa shape index (κ2) is 4.69. The predicted molar refractivity (Wildman–Crippen MR) is 76.3 cm³/mol. The van der Waals surface area contributed by atoms with E-state index in [1.54, 1.807) is 0 Å². The molecular weight excluding hydrogens is 246 g/mol. The van der Waals surface area contributed by atoms with Crippen molar-refractivity contribution in [2.75, 3.05) is 5.32 Å². The zero-order valence-corrected chi connectivity index (χ0v) is 12.6. The number of halogens is 1. The molecule has 0 bridgehead atoms. The van der Waals surface area contributed by atoms with Gasteiger partial charge in [-0.1, -0.05) is 32.4 Å². The highest BCUT2D eigenvalue weighted by Gasteiger charge is 2.29. The van der Waals surface area contributed by atoms with Crippen LogP contribution in [0.5, 0.6) is 0 Å². The van der Waals surface area contributed by atoms with Crippen molar-refractivity contribution in [2.45, 2.75) is 59.4 Å². The summed E-state index contributed by atoms with van der Waals surface area (Å²) in [5, 5.41) is 4.06. The van der Waals surface area contributed by atoms with E-state index in [-0.39, 0.29) is 5.41 Å². The van der Waals surface area contributed by atoms with E-state index in [1.165, 1.54) is 12.8 Å². The summed E-state index contributed by atoms with van der Waals surface area (Å²) in [5.74, 6) is 2.31. The molecule has 18 heavy (non-hydrogen) atoms. The molecule has 1 aromatic rings. The lowest BCUT2D eigenvalue weighted by atomic mass is 9.88. The summed E-state index contributed by atoms with van der Waals surface area (Å²) >= 11 is 6.20. The topological polar surface area (TPSA) is 37.8 Å². The van der Waals surface area contributed by atoms with Crippen LogP contribution >= 0.6 is 11.6 Å². The van der Waals surface area contributed by atoms with E-state index in [9.17, 15) is 0 Å². The first-order valence-corrected chi connectivity index (χ1v) is 6.97. The lowest BCUT2D eigenvalue weighted by Gasteiger charge is -2.29. The van der Waals surface area contributed by atoms with E-state index < -0.39 is 0 Å². The molecule has 0 aliphatic heterocycles. The fraction of sp³-hybridized carbons (Fsp3) is 0.714. The molecule has 0 amide bonds. The van der Waals surface area contributed by atoms with Gasteiger partial charge in [0, 0.05) is 17.5 Å². The molecule has 0 saturated heterocycles. The van der Waals surface area contributed by atoms with Crippen molar-refractivity contribution in [2.24, 2.45) is 5.41 Å². The summed E-state index contributed by atoms with van der Waals surface area (Å²) in [6.07, 6.45) is 2.38. The average molecular weight is 268 g/mol. The Labute approximate surface area is 114 Å². The molecule has 0 radical (unpaired) electrons. The van der Waals surface area contributed by atoms with Gasteiger partial charge in [-0.25, -0.2) is 9.97 Å². The maximum atomic E-state index is 6.20. The number of rotatable bonds is 3. The number of nitrogens with one attached hydrogen (secondary N) is 1. The van der Waals surface area contributed by atoms with Gasteiger partial charge in [0.25, 0.3) is 0 Å². The van der Waals surface area contributed by atoms with Crippen molar-refractivity contribution in [3.63, 3.8) is 0 Å². The lowest BCUT2D eigenvalue weighted by molar-refractivity contribution is 0.358. The highest BCUT2D eigenvalue weighted by Crippen LogP contribution is 2.39. The van der Waals surface area contributed by atoms with Gasteiger partial charge in [0.2, 0.25) is 0 Å². The van der Waals surface area contributed by atoms with E-state index in [2.05, 4.69) is 43.0 Å². The van der Waals surface area contributed by atoms with Crippen molar-refractivity contribution >= 4 is 17.4 Å². The minimum absolute atomic E-state index is 0.184. The normalized spacial score (nSPS) is 17.7. The molecule has 1 aliphatic carbocycles. The monoisotopic (exact) mass is 267 g/mol. The molecule has 100 valence electrons. The molecule has 1 N–H and O–H groups in total. The third-order valence-electron chi connectivity index (χ3n) is 3.70. The van der Waals surface area contributed by atoms with Crippen LogP contribution in [0.1, 0.15) is 57.8 Å². The van der Waals surface area contributed by atoms with Crippen LogP contribution in [0, 0.1) is 12.3 Å². The zero-order valence-electron chi connectivity index (χ0n) is 11.8. The summed E-state index contributed by atoms with van der Waals surface area (Å²) < 4.78 is 0. The molecule has 4 heteroatoms. The highest BCUT2D eigenvalue weighted by atomic mass is 35.5. The molecule has 0 spiro atoms. The average Bonchev–Trinajstić information content (AvgIpc) is 3.06. The molecule has 1 heterocycles. The smallest absolute Gasteiger partial charge is 0.137 e. The SMILES string of the molecule is Cc1c(Cl)nc(C2CC2)nc1NC(C)C(C)(C)C. The minimum atomic E-state index is 0.184. The van der Waals surface area contributed by atoms with Gasteiger partial charge < -0.3 is 5.32 Å². The molecule has 0 aromatic carbocycles. The summed E-state index contributed by atoms with van der Waals surface area (Å²) in [6.45, 7) is 10.8. The fourth-order valence-electron chi connectivity index (χ4n) is 1.59. The largest absolute Gasteiger partial charge is 0.367 e. The molecule has 2 rings (SSSR count). The summed E-state index contributed by atoms with van der Waals surface area (Å²) in [6, 6.07) is 0.328. The number of aromatic nitrogens is 2. The van der Waals surface area contributed by atoms with Crippen LogP contribution in [0.2, 0.25) is 5.15 Å². The van der Waals surface area contributed by atoms with Crippen molar-refractivity contribution in [3.8, 4) is 0 Å². The number of nitrogens with zero attached hydrogens (tertiary/aromatic N) is 2. The summed E-state index contributed by atoms with van der Waals surface area (Å²) in [7, 11) is 0. The second-order valence-corrected chi connectivity index (χ2v) is 6.71. The quantitative estimate of drug-likeness (QED) is 0.836. The third-order valence-corrected chi connectivity index (χ3v) is 4.07. The van der Waals surface area contributed by atoms with E-state index >= 15 is 0 Å². The maximum Gasteiger partial charge on any atom is 0.137 e. The van der Waals surface area contributed by atoms with Crippen LogP contribution in [0.3, 0.4) is 0 Å². The van der Waals surface area contributed by atoms with Gasteiger partial charge in [-0.2, -0.15) is 0 Å². The van der Waals surface area contributed by atoms with Gasteiger partial charge in [0.05, 0.1) is 0 Å². The number of hydrogen-bond donors (Lipinski definition) is 1. The Balaban J connectivity index is 2.26. The fourth-order valence-corrected chi connectivity index (χ4v) is 1.77. The Hall–Kier alpha value is -0.830. The Bertz CT molecular complexity index is 447. The molecule has 1 aromatic heterocycles. The van der Waals surface area contributed by atoms with Gasteiger partial charge in [-0.15, -0.1) is 0 Å². The molecule has 1 fully saturated rings. The minimum Gasteiger partial charge on any atom is -0.367 e. The van der Waals surface area contributed by atoms with Gasteiger partial charge >= 0.3 is 0 Å². The standard InChI is InChI=1S/C14H22ClN3/c1-8-11(15)17-13(10-6-7-10)18-12(8)16-9(2)14(3,4)5/h9-10H,6-7H2,1-5H3,(H,16,17,18). The van der Waals surface area contributed by atoms with Crippen molar-refractivity contribution in [1.82, 2.24) is 9.97 Å². The van der Waals surface area contributed by atoms with E-state index in [0.29, 0.717) is 17.1 Å². The second-order valence-electron chi connectivity index (χ2n) is 6.35. The third kappa shape index (κ3) is 2.94. The van der Waals surface area contributed by atoms with Gasteiger partial charge in [0.15, 0.2) is 0 Å². The predicted octanol–water partition coefficient (Wildman–Crippen LogP) is 4.16. The van der Waals surface area contributed by atoms with Crippen molar-refractivity contribution in [1.29, 1.82) is 0 Å². The number of anilines is 1. The first kappa shape index (κ1) is 13.6. The van der Waals surface area contributed by atoms with Crippen LogP contribution in [0.4, 0.5) is 5.82 Å². The molecule has 1 unspecified atom stereocenters. The van der Waals surface area contributed by atoms with Crippen LogP contribution in [0.15, 0.2) is 0 Å². The Kier molecular flexibility index (Phi) is 3.54. The molecule has 1 aliphatic rings. The van der Waals surface area contributed by atoms with E-state index in [1.807, 2.05) is 6.92 Å². The Morgan fingerprint density at radius 2 is 1.89 bits per heavy atom. The van der Waals surface area contributed by atoms with Gasteiger partial charge in [-0.05, 0) is 32.1 Å². The molecule has 1 saturated carbocycles. The van der Waals surface area contributed by atoms with Crippen molar-refractivity contribution < 1.29 is 0 Å². The lowest BCUT2D eigenvalue weighted by Crippen LogP contribution is -2.31. The van der Waals surface area contributed by atoms with Crippen LogP contribution in [-0.4, -0.2) is 16.0 Å². The van der Waals surface area contributed by atoms with E-state index in [4.69, 9.17) is 11.6 Å². The molecule has 3 nitrogen and oxygen atoms in total. The molecular formula is C14H22ClN3. The summed E-state index contributed by atoms with van der Waals surface area (Å²) in [5.41, 5.74) is 1.13. The first-order chi connectivity index (χ1) is 8.29. The van der Waals surface area contributed by atoms with Crippen LogP contribution < -0.4 is 5.32 Å². The summed E-state index contributed by atoms with van der Waals surface area (Å²) in [4.78, 5) is 9.02. The molecule has 1 atom stereocenters. The van der Waals surface area contributed by atoms with Crippen LogP contribution in [-0.2, 0) is 0 Å². The highest BCUT2D eigenvalue weighted by molar-refractivity contribution is 6.30. The Morgan fingerprint density at radius 3 is 2.39 bits per heavy atom. The van der Waals surface area contributed by atoms with Gasteiger partial charge in [-0.3, -0.25) is 0 Å². The Morgan fingerprint density at radius 1 is 1.28 bits per heavy atom. The zero-order chi connectivity index (χ0) is 13.5.